The number of unbranched alkanes of at least 4 members (excludes halogenated alkanes) is 3. The number of aldehydes is 1. The van der Waals surface area contributed by atoms with Crippen molar-refractivity contribution in [2.75, 3.05) is 26.4 Å². The van der Waals surface area contributed by atoms with Gasteiger partial charge in [0.15, 0.2) is 6.29 Å². The van der Waals surface area contributed by atoms with Crippen LogP contribution in [0.2, 0.25) is 0 Å². The van der Waals surface area contributed by atoms with Gasteiger partial charge in [-0.2, -0.15) is 0 Å². The summed E-state index contributed by atoms with van der Waals surface area (Å²) in [5.74, 6) is 0. The van der Waals surface area contributed by atoms with E-state index in [0.717, 1.165) is 44.8 Å². The van der Waals surface area contributed by atoms with E-state index in [4.69, 9.17) is 14.3 Å². The molecule has 0 aliphatic heterocycles. The van der Waals surface area contributed by atoms with Crippen molar-refractivity contribution in [1.29, 1.82) is 0 Å². The lowest BCUT2D eigenvalue weighted by Crippen LogP contribution is -2.37. The summed E-state index contributed by atoms with van der Waals surface area (Å²) >= 11 is 0. The lowest BCUT2D eigenvalue weighted by molar-refractivity contribution is -0.176. The van der Waals surface area contributed by atoms with E-state index in [0.29, 0.717) is 39.2 Å². The molecule has 6 nitrogen and oxygen atoms in total. The molecule has 142 valence electrons. The number of ether oxygens (including phenoxy) is 2. The molecule has 0 spiro atoms. The minimum absolute atomic E-state index is 0.358. The van der Waals surface area contributed by atoms with Crippen LogP contribution < -0.4 is 0 Å². The highest BCUT2D eigenvalue weighted by molar-refractivity contribution is 5.57. The Balaban J connectivity index is 4.48. The highest BCUT2D eigenvalue weighted by atomic mass is 16.7. The predicted molar refractivity (Wildman–Crippen MR) is 93.6 cm³/mol. The van der Waals surface area contributed by atoms with Gasteiger partial charge in [0.2, 0.25) is 6.41 Å². The molecule has 0 aromatic heterocycles. The lowest BCUT2D eigenvalue weighted by atomic mass is 10.1. The minimum atomic E-state index is -0.599. The van der Waals surface area contributed by atoms with E-state index in [-0.39, 0.29) is 6.10 Å². The molecule has 24 heavy (non-hydrogen) atoms. The van der Waals surface area contributed by atoms with Crippen LogP contribution in [0, 0.1) is 0 Å². The summed E-state index contributed by atoms with van der Waals surface area (Å²) in [6.45, 7) is 8.24. The third kappa shape index (κ3) is 11.5. The van der Waals surface area contributed by atoms with Crippen molar-refractivity contribution in [3.05, 3.63) is 0 Å². The molecule has 0 rings (SSSR count). The Kier molecular flexibility index (Phi) is 16.2. The molecule has 0 N–H and O–H groups in total. The first kappa shape index (κ1) is 23.0. The zero-order valence-corrected chi connectivity index (χ0v) is 15.6. The topological polar surface area (TPSA) is 65.1 Å². The fourth-order valence-electron chi connectivity index (χ4n) is 2.05. The third-order valence-corrected chi connectivity index (χ3v) is 3.65. The lowest BCUT2D eigenvalue weighted by Gasteiger charge is -2.26. The Bertz CT molecular complexity index is 301. The van der Waals surface area contributed by atoms with Crippen LogP contribution in [0.5, 0.6) is 0 Å². The van der Waals surface area contributed by atoms with Crippen LogP contribution in [0.4, 0.5) is 0 Å². The third-order valence-electron chi connectivity index (χ3n) is 3.65. The summed E-state index contributed by atoms with van der Waals surface area (Å²) in [5, 5.41) is 1.28. The molecule has 0 aromatic carbocycles. The van der Waals surface area contributed by atoms with E-state index in [1.807, 2.05) is 0 Å². The molecule has 6 heteroatoms. The molecule has 0 aliphatic carbocycles. The van der Waals surface area contributed by atoms with Gasteiger partial charge in [0.05, 0.1) is 19.3 Å². The molecule has 0 saturated carbocycles. The Morgan fingerprint density at radius 2 is 1.46 bits per heavy atom. The second-order valence-electron chi connectivity index (χ2n) is 5.81. The number of carbonyl (C=O) groups excluding carboxylic acids is 2. The maximum atomic E-state index is 11.4. The summed E-state index contributed by atoms with van der Waals surface area (Å²) in [7, 11) is 0. The standard InChI is InChI=1S/C18H35NO5/c1-4-7-12-22-17(18(15-20)23-13-8-5-2)10-11-19(16-21)24-14-9-6-3/h15-18H,4-14H2,1-3H3/t17-,18+/m0/s1. The van der Waals surface area contributed by atoms with E-state index in [1.54, 1.807) is 0 Å². The average Bonchev–Trinajstić information content (AvgIpc) is 2.60. The van der Waals surface area contributed by atoms with E-state index in [2.05, 4.69) is 20.8 Å². The SMILES string of the molecule is CCCCO[C@@H](CCN(C=O)OCCCC)[C@@H](C=O)OCCCC. The first-order valence-corrected chi connectivity index (χ1v) is 9.26. The summed E-state index contributed by atoms with van der Waals surface area (Å²) in [5.41, 5.74) is 0. The summed E-state index contributed by atoms with van der Waals surface area (Å²) in [4.78, 5) is 27.9. The van der Waals surface area contributed by atoms with Gasteiger partial charge in [-0.05, 0) is 25.7 Å². The number of nitrogens with zero attached hydrogens (tertiary/aromatic N) is 1. The van der Waals surface area contributed by atoms with Crippen LogP contribution in [-0.4, -0.2) is 56.3 Å². The smallest absolute Gasteiger partial charge is 0.233 e. The van der Waals surface area contributed by atoms with Crippen LogP contribution in [-0.2, 0) is 23.9 Å². The molecular formula is C18H35NO5. The van der Waals surface area contributed by atoms with E-state index < -0.39 is 6.10 Å². The van der Waals surface area contributed by atoms with Gasteiger partial charge < -0.3 is 14.3 Å². The van der Waals surface area contributed by atoms with Gasteiger partial charge in [-0.1, -0.05) is 40.0 Å². The maximum Gasteiger partial charge on any atom is 0.233 e. The first-order chi connectivity index (χ1) is 11.7. The molecule has 0 radical (unpaired) electrons. The second-order valence-corrected chi connectivity index (χ2v) is 5.81. The summed E-state index contributed by atoms with van der Waals surface area (Å²) < 4.78 is 11.5. The number of amides is 1. The van der Waals surface area contributed by atoms with Gasteiger partial charge in [0, 0.05) is 13.2 Å². The molecule has 0 heterocycles. The minimum Gasteiger partial charge on any atom is -0.375 e. The number of hydrogen-bond donors (Lipinski definition) is 0. The molecule has 2 atom stereocenters. The van der Waals surface area contributed by atoms with Crippen molar-refractivity contribution in [2.45, 2.75) is 77.9 Å². The highest BCUT2D eigenvalue weighted by Gasteiger charge is 2.23. The number of hydrogen-bond acceptors (Lipinski definition) is 5. The van der Waals surface area contributed by atoms with Crippen LogP contribution >= 0.6 is 0 Å². The van der Waals surface area contributed by atoms with Crippen LogP contribution in [0.15, 0.2) is 0 Å². The first-order valence-electron chi connectivity index (χ1n) is 9.26. The zero-order valence-electron chi connectivity index (χ0n) is 15.6. The quantitative estimate of drug-likeness (QED) is 0.217. The number of hydroxylamine groups is 2. The molecule has 0 aliphatic rings. The van der Waals surface area contributed by atoms with E-state index >= 15 is 0 Å². The molecule has 0 fully saturated rings. The predicted octanol–water partition coefficient (Wildman–Crippen LogP) is 3.14. The number of carbonyl (C=O) groups is 2. The van der Waals surface area contributed by atoms with Crippen LogP contribution in [0.25, 0.3) is 0 Å². The Morgan fingerprint density at radius 1 is 0.875 bits per heavy atom. The Hall–Kier alpha value is -0.980. The fraction of sp³-hybridized carbons (Fsp3) is 0.889. The number of rotatable bonds is 18. The normalized spacial score (nSPS) is 13.5. The van der Waals surface area contributed by atoms with Gasteiger partial charge in [-0.25, -0.2) is 5.06 Å². The van der Waals surface area contributed by atoms with Crippen molar-refractivity contribution in [1.82, 2.24) is 5.06 Å². The van der Waals surface area contributed by atoms with Crippen molar-refractivity contribution in [3.8, 4) is 0 Å². The largest absolute Gasteiger partial charge is 0.375 e. The van der Waals surface area contributed by atoms with Crippen molar-refractivity contribution in [3.63, 3.8) is 0 Å². The molecule has 0 unspecified atom stereocenters. The zero-order chi connectivity index (χ0) is 18.0. The highest BCUT2D eigenvalue weighted by Crippen LogP contribution is 2.11. The molecular weight excluding hydrogens is 310 g/mol. The molecule has 1 amide bonds. The average molecular weight is 345 g/mol. The van der Waals surface area contributed by atoms with Crippen LogP contribution in [0.3, 0.4) is 0 Å². The maximum absolute atomic E-state index is 11.4. The van der Waals surface area contributed by atoms with Crippen LogP contribution in [0.1, 0.15) is 65.7 Å². The van der Waals surface area contributed by atoms with Gasteiger partial charge in [0.25, 0.3) is 0 Å². The Labute approximate surface area is 146 Å². The molecule has 0 bridgehead atoms. The van der Waals surface area contributed by atoms with E-state index in [1.165, 1.54) is 5.06 Å². The van der Waals surface area contributed by atoms with Gasteiger partial charge in [-0.15, -0.1) is 0 Å². The van der Waals surface area contributed by atoms with Gasteiger partial charge in [0.1, 0.15) is 6.10 Å². The summed E-state index contributed by atoms with van der Waals surface area (Å²) in [6.07, 6.45) is 6.81. The van der Waals surface area contributed by atoms with Gasteiger partial charge >= 0.3 is 0 Å². The van der Waals surface area contributed by atoms with Crippen molar-refractivity contribution < 1.29 is 23.9 Å². The monoisotopic (exact) mass is 345 g/mol. The Morgan fingerprint density at radius 3 is 2.00 bits per heavy atom. The molecule has 0 aromatic rings. The van der Waals surface area contributed by atoms with Gasteiger partial charge in [-0.3, -0.25) is 9.63 Å². The summed E-state index contributed by atoms with van der Waals surface area (Å²) in [6, 6.07) is 0. The van der Waals surface area contributed by atoms with Crippen molar-refractivity contribution in [2.24, 2.45) is 0 Å². The van der Waals surface area contributed by atoms with Crippen molar-refractivity contribution >= 4 is 12.7 Å². The molecule has 0 saturated heterocycles. The second kappa shape index (κ2) is 16.9. The van der Waals surface area contributed by atoms with E-state index in [9.17, 15) is 9.59 Å². The fourth-order valence-corrected chi connectivity index (χ4v) is 2.05.